The molecule has 0 aliphatic heterocycles. The Kier molecular flexibility index (Phi) is 44.7. The molecule has 126 heavy (non-hydrogen) atoms. The molecule has 0 radical (unpaired) electrons. The summed E-state index contributed by atoms with van der Waals surface area (Å²) in [4.78, 5) is 87.0. The van der Waals surface area contributed by atoms with E-state index in [4.69, 9.17) is 128 Å². The summed E-state index contributed by atoms with van der Waals surface area (Å²) in [6.07, 6.45) is 16.5. The largest absolute Gasteiger partial charge is 0.493 e. The second-order valence-electron chi connectivity index (χ2n) is 24.5. The maximum absolute atomic E-state index is 12.3. The van der Waals surface area contributed by atoms with Crippen LogP contribution in [0, 0.1) is 0 Å². The van der Waals surface area contributed by atoms with Crippen LogP contribution in [0.3, 0.4) is 0 Å². The number of H-pyrrole nitrogens is 1. The molecule has 3 aromatic carbocycles. The lowest BCUT2D eigenvalue weighted by Crippen LogP contribution is -2.29. The molecule has 0 saturated carbocycles. The number of thioether (sulfide) groups is 4. The standard InChI is InChI=1S/C19H18ClN3O5S.C19H18ClN3O3S.C11H10ClN3OS.C10H8ClN3OS.C9H11BrO2.C6H8BNO3.C5H4Cl2N2S.CH5BO2/c1-27-15-6-4-12(8-16(15)28-2)10-23-11-13(5-7-18(23)24)14-9-17(20)22-19(21-14)29(3,25)26;1-25-15-6-4-12(8-16(15)26-2)10-23-11-13(5-7-18(23)24)14-9-17(20)22-19(21-14)27-3;1-16-10-4-3-7(6-13-10)8-5-9(12)15-11(14-8)17-2;1-16-10-13-7(4-8(11)14-10)6-2-3-9(15)12-5-6;1-11-8-4-3-7(6-10)5-9(8)12-2;1-11-6-3-2-5(4-8-6)7(9)10;1-10-5-8-3(6)2-4(7)9-5;1-2(3)4/h4-9,11H,10H2,1-3H3;4-9,11H,10H2,1-3H3;3-6H,1-2H3;2-5H,1H3,(H,12,15);3-5H,6H2,1-2H3;2-4,9-10H,1H3;2H,1H3;3-4H,1H3. The van der Waals surface area contributed by atoms with Crippen LogP contribution in [-0.2, 0) is 28.3 Å². The highest BCUT2D eigenvalue weighted by molar-refractivity contribution is 9.08. The average molecular weight is 2000 g/mol. The van der Waals surface area contributed by atoms with Crippen LogP contribution < -0.4 is 60.0 Å². The first-order chi connectivity index (χ1) is 60.1. The minimum absolute atomic E-state index is 0.00642. The maximum atomic E-state index is 12.3. The Balaban J connectivity index is 0.000000233. The average Bonchev–Trinajstić information content (AvgIpc) is 0.806. The maximum Gasteiger partial charge on any atom is 0.490 e. The molecule has 0 amide bonds. The van der Waals surface area contributed by atoms with Gasteiger partial charge in [-0.15, -0.1) is 0 Å². The van der Waals surface area contributed by atoms with Gasteiger partial charge in [-0.05, 0) is 115 Å². The summed E-state index contributed by atoms with van der Waals surface area (Å²) in [5.74, 6) is 4.95. The van der Waals surface area contributed by atoms with Crippen molar-refractivity contribution in [2.75, 3.05) is 88.2 Å². The molecule has 13 aromatic rings. The number of alkyl halides is 1. The second-order valence-corrected chi connectivity index (χ2v) is 32.3. The molecule has 13 rings (SSSR count). The number of nitrogens with one attached hydrogen (secondary N) is 1. The van der Waals surface area contributed by atoms with E-state index in [1.807, 2.05) is 73.6 Å². The highest BCUT2D eigenvalue weighted by Gasteiger charge is 2.18. The Morgan fingerprint density at radius 2 is 0.746 bits per heavy atom. The molecule has 0 atom stereocenters. The molecule has 10 heterocycles. The highest BCUT2D eigenvalue weighted by atomic mass is 79.9. The number of hydrogen-bond donors (Lipinski definition) is 5. The molecule has 0 aliphatic rings. The first-order valence-electron chi connectivity index (χ1n) is 35.9. The van der Waals surface area contributed by atoms with Gasteiger partial charge in [-0.1, -0.05) is 157 Å². The highest BCUT2D eigenvalue weighted by Crippen LogP contribution is 2.33. The van der Waals surface area contributed by atoms with Crippen LogP contribution in [0.1, 0.15) is 16.7 Å². The zero-order chi connectivity index (χ0) is 92.7. The number of ether oxygens (including phenoxy) is 8. The fourth-order valence-corrected chi connectivity index (χ4v) is 13.7. The van der Waals surface area contributed by atoms with Crippen molar-refractivity contribution in [3.05, 3.63) is 255 Å². The summed E-state index contributed by atoms with van der Waals surface area (Å²) < 4.78 is 67.8. The van der Waals surface area contributed by atoms with Crippen molar-refractivity contribution in [2.24, 2.45) is 0 Å². The summed E-state index contributed by atoms with van der Waals surface area (Å²) in [7, 11) is 6.32. The van der Waals surface area contributed by atoms with Crippen molar-refractivity contribution in [3.8, 4) is 91.3 Å². The number of rotatable bonds is 23. The first-order valence-corrected chi connectivity index (χ1v) is 46.1. The zero-order valence-electron chi connectivity index (χ0n) is 69.6. The molecule has 32 nitrogen and oxygen atoms in total. The summed E-state index contributed by atoms with van der Waals surface area (Å²) in [6.45, 7) is 1.94. The lowest BCUT2D eigenvalue weighted by molar-refractivity contribution is 0.354. The molecular weight excluding hydrogens is 1920 g/mol. The molecule has 46 heteroatoms. The number of aromatic amines is 1. The van der Waals surface area contributed by atoms with Gasteiger partial charge in [0.15, 0.2) is 55.1 Å². The lowest BCUT2D eigenvalue weighted by Gasteiger charge is -2.12. The number of nitrogens with zero attached hydrogens (tertiary/aromatic N) is 14. The summed E-state index contributed by atoms with van der Waals surface area (Å²) in [6, 6.07) is 40.9. The van der Waals surface area contributed by atoms with Gasteiger partial charge in [-0.3, -0.25) is 14.4 Å². The fraction of sp³-hybridized carbons (Fsp3) is 0.212. The smallest absolute Gasteiger partial charge is 0.490 e. The SMILES string of the molecule is CB(O)O.COc1ccc(-c2cc(Cl)nc(SC)n2)cn1.COc1ccc(B(O)O)cn1.COc1ccc(CBr)cc1OC.COc1ccc(Cn2cc(-c3cc(Cl)nc(S(C)(=O)=O)n3)ccc2=O)cc1OC.COc1ccc(Cn2cc(-c3cc(Cl)nc(SC)n3)ccc2=O)cc1OC.CSc1nc(Cl)cc(-c2ccc(=O)[nH]c2)n1.CSc1nc(Cl)cc(Cl)n1. The monoisotopic (exact) mass is 2000 g/mol. The third-order valence-electron chi connectivity index (χ3n) is 15.8. The van der Waals surface area contributed by atoms with E-state index in [0.717, 1.165) is 56.6 Å². The van der Waals surface area contributed by atoms with Gasteiger partial charge in [0.25, 0.3) is 11.1 Å². The van der Waals surface area contributed by atoms with Crippen molar-refractivity contribution in [3.63, 3.8) is 0 Å². The van der Waals surface area contributed by atoms with E-state index in [1.54, 1.807) is 133 Å². The third kappa shape index (κ3) is 34.7. The quantitative estimate of drug-likeness (QED) is 0.0130. The molecule has 0 bridgehead atoms. The first kappa shape index (κ1) is 105. The molecule has 5 N–H and O–H groups in total. The van der Waals surface area contributed by atoms with Crippen LogP contribution in [0.5, 0.6) is 46.3 Å². The number of benzene rings is 3. The van der Waals surface area contributed by atoms with Gasteiger partial charge < -0.3 is 72.1 Å². The van der Waals surface area contributed by atoms with Crippen molar-refractivity contribution in [2.45, 2.75) is 51.0 Å². The second kappa shape index (κ2) is 53.7. The van der Waals surface area contributed by atoms with Crippen molar-refractivity contribution >= 4 is 162 Å². The Bertz CT molecular complexity index is 5990. The van der Waals surface area contributed by atoms with Crippen LogP contribution in [0.25, 0.3) is 45.0 Å². The van der Waals surface area contributed by atoms with E-state index in [0.29, 0.717) is 116 Å². The molecule has 664 valence electrons. The third-order valence-corrected chi connectivity index (χ3v) is 20.6. The lowest BCUT2D eigenvalue weighted by atomic mass is 9.82. The Hall–Kier alpha value is -9.85. The summed E-state index contributed by atoms with van der Waals surface area (Å²) in [5, 5.41) is 37.3. The van der Waals surface area contributed by atoms with Crippen LogP contribution in [-0.4, -0.2) is 205 Å². The fourth-order valence-electron chi connectivity index (χ4n) is 9.90. The topological polar surface area (TPSA) is 420 Å². The number of pyridine rings is 5. The molecule has 0 saturated heterocycles. The van der Waals surface area contributed by atoms with Crippen LogP contribution in [0.15, 0.2) is 217 Å². The van der Waals surface area contributed by atoms with E-state index >= 15 is 0 Å². The number of methoxy groups -OCH3 is 8. The van der Waals surface area contributed by atoms with Gasteiger partial charge in [0.2, 0.25) is 32.3 Å². The number of hydrogen-bond acceptors (Lipinski definition) is 33. The van der Waals surface area contributed by atoms with E-state index in [2.05, 4.69) is 80.7 Å². The van der Waals surface area contributed by atoms with E-state index in [-0.39, 0.29) is 33.5 Å². The zero-order valence-corrected chi connectivity index (χ0v) is 79.8. The van der Waals surface area contributed by atoms with Crippen LogP contribution in [0.2, 0.25) is 37.7 Å². The number of sulfone groups is 1. The van der Waals surface area contributed by atoms with Crippen molar-refractivity contribution < 1.29 is 66.4 Å². The van der Waals surface area contributed by atoms with Crippen LogP contribution in [0.4, 0.5) is 0 Å². The number of halogens is 7. The predicted octanol–water partition coefficient (Wildman–Crippen LogP) is 14.3. The van der Waals surface area contributed by atoms with Crippen molar-refractivity contribution in [1.29, 1.82) is 0 Å². The molecule has 0 aliphatic carbocycles. The number of aromatic nitrogens is 15. The Morgan fingerprint density at radius 3 is 1.09 bits per heavy atom. The van der Waals surface area contributed by atoms with E-state index in [9.17, 15) is 22.8 Å². The molecular formula is C80H82B2BrCl6N15O17S5. The normalized spacial score (nSPS) is 10.3. The van der Waals surface area contributed by atoms with Crippen LogP contribution >= 0.6 is 133 Å². The van der Waals surface area contributed by atoms with Gasteiger partial charge in [0.05, 0.1) is 92.7 Å². The van der Waals surface area contributed by atoms with Gasteiger partial charge in [0, 0.05) is 125 Å². The minimum atomic E-state index is -3.64. The Labute approximate surface area is 781 Å². The Morgan fingerprint density at radius 1 is 0.405 bits per heavy atom. The van der Waals surface area contributed by atoms with E-state index in [1.165, 1.54) is 121 Å². The van der Waals surface area contributed by atoms with Crippen molar-refractivity contribution in [1.82, 2.24) is 73.9 Å². The summed E-state index contributed by atoms with van der Waals surface area (Å²) in [5.41, 5.74) is 8.19. The van der Waals surface area contributed by atoms with Gasteiger partial charge in [-0.25, -0.2) is 68.2 Å². The van der Waals surface area contributed by atoms with Gasteiger partial charge in [-0.2, -0.15) is 0 Å². The van der Waals surface area contributed by atoms with E-state index < -0.39 is 24.1 Å². The molecule has 0 unspecified atom stereocenters. The minimum Gasteiger partial charge on any atom is -0.493 e. The summed E-state index contributed by atoms with van der Waals surface area (Å²) >= 11 is 44.1. The molecule has 10 aromatic heterocycles. The van der Waals surface area contributed by atoms with Gasteiger partial charge in [0.1, 0.15) is 30.9 Å². The predicted molar refractivity (Wildman–Crippen MR) is 502 cm³/mol. The van der Waals surface area contributed by atoms with Gasteiger partial charge >= 0.3 is 14.2 Å². The molecule has 0 fully saturated rings. The molecule has 0 spiro atoms.